The van der Waals surface area contributed by atoms with Crippen molar-refractivity contribution in [1.29, 1.82) is 0 Å². The van der Waals surface area contributed by atoms with Crippen LogP contribution in [0, 0.1) is 24.7 Å². The second kappa shape index (κ2) is 16.2. The molecule has 9 atom stereocenters. The molecule has 0 saturated carbocycles. The predicted molar refractivity (Wildman–Crippen MR) is 212 cm³/mol. The molecule has 2 aromatic rings. The van der Waals surface area contributed by atoms with Gasteiger partial charge >= 0.3 is 11.8 Å². The van der Waals surface area contributed by atoms with Crippen LogP contribution in [-0.2, 0) is 28.5 Å². The molecule has 58 heavy (non-hydrogen) atoms. The van der Waals surface area contributed by atoms with Gasteiger partial charge in [-0.3, -0.25) is 19.2 Å². The zero-order valence-electron chi connectivity index (χ0n) is 33.0. The Morgan fingerprint density at radius 1 is 0.983 bits per heavy atom. The van der Waals surface area contributed by atoms with Gasteiger partial charge in [0.25, 0.3) is 11.7 Å². The molecule has 4 aliphatic heterocycles. The monoisotopic (exact) mass is 864 g/mol. The highest BCUT2D eigenvalue weighted by Gasteiger charge is 2.52. The molecule has 7 rings (SSSR count). The maximum atomic E-state index is 14.5. The summed E-state index contributed by atoms with van der Waals surface area (Å²) in [7, 11) is 1.43. The van der Waals surface area contributed by atoms with Gasteiger partial charge in [0.05, 0.1) is 47.1 Å². The number of aliphatic hydroxyl groups is 1. The van der Waals surface area contributed by atoms with Crippen molar-refractivity contribution in [2.75, 3.05) is 7.11 Å². The van der Waals surface area contributed by atoms with Gasteiger partial charge in [0, 0.05) is 59.9 Å². The minimum absolute atomic E-state index is 0.00748. The van der Waals surface area contributed by atoms with E-state index in [1.165, 1.54) is 71.4 Å². The summed E-state index contributed by atoms with van der Waals surface area (Å²) in [6.45, 7) is 11.0. The van der Waals surface area contributed by atoms with Crippen molar-refractivity contribution in [3.8, 4) is 23.0 Å². The summed E-state index contributed by atoms with van der Waals surface area (Å²) in [6.07, 6.45) is 4.50. The average molecular weight is 866 g/mol. The second-order valence-corrected chi connectivity index (χ2v) is 15.9. The van der Waals surface area contributed by atoms with Gasteiger partial charge in [-0.15, -0.1) is 0 Å². The van der Waals surface area contributed by atoms with Crippen LogP contribution < -0.4 is 10.1 Å². The van der Waals surface area contributed by atoms with E-state index in [-0.39, 0.29) is 56.6 Å². The molecule has 5 N–H and O–H groups in total. The molecule has 5 aliphatic rings. The van der Waals surface area contributed by atoms with Crippen LogP contribution in [0.1, 0.15) is 73.4 Å². The molecule has 2 aromatic carbocycles. The van der Waals surface area contributed by atoms with Gasteiger partial charge in [0.15, 0.2) is 0 Å². The molecule has 1 fully saturated rings. The van der Waals surface area contributed by atoms with Gasteiger partial charge < -0.3 is 49.4 Å². The number of nitrogens with one attached hydrogen (secondary N) is 1. The fraction of sp³-hybridized carbons (Fsp3) is 0.405. The summed E-state index contributed by atoms with van der Waals surface area (Å²) in [5.41, 5.74) is -1.43. The van der Waals surface area contributed by atoms with E-state index in [0.29, 0.717) is 4.47 Å². The van der Waals surface area contributed by atoms with Gasteiger partial charge in [-0.2, -0.15) is 0 Å². The number of hydrogen-bond donors (Lipinski definition) is 5. The maximum absolute atomic E-state index is 14.5. The molecule has 308 valence electrons. The zero-order valence-corrected chi connectivity index (χ0v) is 34.6. The Balaban J connectivity index is 1.53. The molecule has 4 heterocycles. The van der Waals surface area contributed by atoms with E-state index >= 15 is 0 Å². The Labute approximate surface area is 342 Å². The highest BCUT2D eigenvalue weighted by atomic mass is 79.9. The second-order valence-electron chi connectivity index (χ2n) is 15.0. The number of phenolic OH excluding ortho intramolecular Hbond substituents is 3. The van der Waals surface area contributed by atoms with Crippen molar-refractivity contribution in [1.82, 2.24) is 5.32 Å². The Kier molecular flexibility index (Phi) is 11.8. The lowest BCUT2D eigenvalue weighted by molar-refractivity contribution is -0.168. The number of benzene rings is 2. The van der Waals surface area contributed by atoms with Crippen LogP contribution in [0.3, 0.4) is 0 Å². The molecular weight excluding hydrogens is 820 g/mol. The number of amides is 1. The third-order valence-corrected chi connectivity index (χ3v) is 11.4. The van der Waals surface area contributed by atoms with E-state index in [0.717, 1.165) is 0 Å². The first-order chi connectivity index (χ1) is 27.3. The van der Waals surface area contributed by atoms with Crippen LogP contribution in [-0.4, -0.2) is 93.0 Å². The van der Waals surface area contributed by atoms with Crippen LogP contribution in [0.2, 0.25) is 0 Å². The van der Waals surface area contributed by atoms with E-state index < -0.39 is 88.8 Å². The van der Waals surface area contributed by atoms with Crippen LogP contribution in [0.4, 0.5) is 5.69 Å². The Hall–Kier alpha value is -5.29. The number of allylic oxidation sites excluding steroid dienone is 4. The fourth-order valence-corrected chi connectivity index (χ4v) is 8.14. The molecule has 16 heteroatoms. The molecular formula is C42H45BrN2O13. The number of hydrogen-bond acceptors (Lipinski definition) is 14. The first-order valence-electron chi connectivity index (χ1n) is 18.5. The van der Waals surface area contributed by atoms with E-state index in [2.05, 4.69) is 26.2 Å². The lowest BCUT2D eigenvalue weighted by Crippen LogP contribution is -2.46. The van der Waals surface area contributed by atoms with Gasteiger partial charge in [-0.05, 0) is 38.1 Å². The number of carbonyl (C=O) groups excluding carboxylic acids is 4. The lowest BCUT2D eigenvalue weighted by atomic mass is 9.83. The molecule has 0 spiro atoms. The quantitative estimate of drug-likeness (QED) is 0.241. The largest absolute Gasteiger partial charge is 0.507 e. The Morgan fingerprint density at radius 3 is 2.29 bits per heavy atom. The van der Waals surface area contributed by atoms with Gasteiger partial charge in [-0.1, -0.05) is 54.9 Å². The van der Waals surface area contributed by atoms with Crippen LogP contribution in [0.25, 0.3) is 0 Å². The van der Waals surface area contributed by atoms with Crippen molar-refractivity contribution >= 4 is 50.8 Å². The van der Waals surface area contributed by atoms with Gasteiger partial charge in [-0.25, -0.2) is 4.99 Å². The number of aromatic hydroxyl groups is 3. The number of fused-ring (bicyclic) bond motifs is 9. The van der Waals surface area contributed by atoms with Crippen molar-refractivity contribution in [3.63, 3.8) is 0 Å². The van der Waals surface area contributed by atoms with Crippen molar-refractivity contribution < 1.29 is 63.3 Å². The molecule has 7 bridgehead atoms. The minimum Gasteiger partial charge on any atom is -0.507 e. The number of Topliss-reactive ketones (excluding diaryl/α,β-unsaturated/α-hetero) is 2. The minimum atomic E-state index is -2.08. The number of ether oxygens (including phenoxy) is 5. The van der Waals surface area contributed by atoms with E-state index in [1.54, 1.807) is 19.1 Å². The smallest absolute Gasteiger partial charge is 0.312 e. The third-order valence-electron chi connectivity index (χ3n) is 11.0. The molecule has 1 saturated heterocycles. The number of phenols is 3. The third kappa shape index (κ3) is 7.56. The normalized spacial score (nSPS) is 32.5. The number of aliphatic imine (C=N–C) groups is 1. The summed E-state index contributed by atoms with van der Waals surface area (Å²) in [6, 6.07) is 2.55. The summed E-state index contributed by atoms with van der Waals surface area (Å²) in [4.78, 5) is 59.2. The van der Waals surface area contributed by atoms with Gasteiger partial charge in [0.2, 0.25) is 5.78 Å². The van der Waals surface area contributed by atoms with Crippen molar-refractivity contribution in [3.05, 3.63) is 86.8 Å². The predicted octanol–water partition coefficient (Wildman–Crippen LogP) is 5.51. The summed E-state index contributed by atoms with van der Waals surface area (Å²) >= 11 is 3.20. The molecule has 1 amide bonds. The molecule has 1 aliphatic carbocycles. The summed E-state index contributed by atoms with van der Waals surface area (Å²) in [5, 5.41) is 47.2. The molecule has 15 nitrogen and oxygen atoms in total. The maximum Gasteiger partial charge on any atom is 0.312 e. The van der Waals surface area contributed by atoms with Crippen LogP contribution in [0.5, 0.6) is 23.0 Å². The average Bonchev–Trinajstić information content (AvgIpc) is 3.60. The number of carbonyl (C=O) groups is 4. The Morgan fingerprint density at radius 2 is 1.66 bits per heavy atom. The first kappa shape index (κ1) is 42.3. The molecule has 0 radical (unpaired) electrons. The number of halogens is 1. The number of rotatable bonds is 3. The summed E-state index contributed by atoms with van der Waals surface area (Å²) < 4.78 is 30.4. The lowest BCUT2D eigenvalue weighted by Gasteiger charge is -2.33. The molecule has 0 aromatic heterocycles. The highest BCUT2D eigenvalue weighted by Crippen LogP contribution is 2.49. The standard InChI is InChI=1S/C42H45BrN2O13/c1-17-10-9-11-18(2)41(53)45-25-16-24(44-32-26(47)14-23(43)15-27(32)48)29-30(35(25)51)33(49)20(4)37-31(29)40(52)42(7,58-37)55-13-12-28(54-8)19(3)38(56-22(6)46)39-34(50)21(5)36(17)57-39/h9-17,19,21,28,34,36,38-39,47-50H,1-8H3,(H,45,53)/b10-9+,13-12+,18-11-,44-24+/t17-,19+,21-,28-,34+,36-,38+,39+,42-/m0/s1. The highest BCUT2D eigenvalue weighted by molar-refractivity contribution is 9.10. The van der Waals surface area contributed by atoms with Crippen molar-refractivity contribution in [2.24, 2.45) is 22.7 Å². The number of methoxy groups -OCH3 is 1. The first-order valence-corrected chi connectivity index (χ1v) is 19.3. The van der Waals surface area contributed by atoms with E-state index in [4.69, 9.17) is 23.7 Å². The van der Waals surface area contributed by atoms with E-state index in [1.807, 2.05) is 13.8 Å². The summed E-state index contributed by atoms with van der Waals surface area (Å²) in [5.74, 6) is -7.95. The SMILES string of the molecule is CO[C@H]1/C=C/O[C@@]2(C)Oc3c(C)c(O)c4c(c3C2=O)/C(=N/c2c(O)cc(Br)cc2O)C=C(NC(=O)/C(C)=C\C=C\[C@H](C)[C@@H]2O[C@H]([C@H](O)[C@@H]2C)[C@H](OC(C)=O)[C@@H]1C)C4=O. The fourth-order valence-electron chi connectivity index (χ4n) is 7.70. The van der Waals surface area contributed by atoms with Crippen LogP contribution in [0.15, 0.2) is 69.5 Å². The number of ketones is 2. The molecule has 0 unspecified atom stereocenters. The number of nitrogens with zero attached hydrogens (tertiary/aromatic N) is 1. The van der Waals surface area contributed by atoms with Gasteiger partial charge in [0.1, 0.15) is 40.9 Å². The van der Waals surface area contributed by atoms with Crippen molar-refractivity contribution in [2.45, 2.75) is 84.8 Å². The van der Waals surface area contributed by atoms with E-state index in [9.17, 15) is 39.6 Å². The van der Waals surface area contributed by atoms with Crippen LogP contribution >= 0.6 is 15.9 Å². The zero-order chi connectivity index (χ0) is 42.5. The topological polar surface area (TPSA) is 220 Å². The number of aliphatic hydroxyl groups excluding tert-OH is 1. The Bertz CT molecular complexity index is 2220. The number of esters is 1.